The van der Waals surface area contributed by atoms with E-state index in [0.717, 1.165) is 21.8 Å². The molecule has 164 valence electrons. The first-order valence-corrected chi connectivity index (χ1v) is 11.6. The number of amides is 2. The Balaban J connectivity index is 1.73. The van der Waals surface area contributed by atoms with Gasteiger partial charge >= 0.3 is 0 Å². The molecule has 1 aliphatic heterocycles. The van der Waals surface area contributed by atoms with Gasteiger partial charge in [-0.05, 0) is 72.7 Å². The molecular weight excluding hydrogens is 482 g/mol. The summed E-state index contributed by atoms with van der Waals surface area (Å²) < 4.78 is 17.7. The van der Waals surface area contributed by atoms with Crippen molar-refractivity contribution in [3.63, 3.8) is 0 Å². The van der Waals surface area contributed by atoms with Gasteiger partial charge < -0.3 is 14.2 Å². The van der Waals surface area contributed by atoms with E-state index in [1.807, 2.05) is 51.1 Å². The molecule has 0 atom stereocenters. The number of hydrogen-bond donors (Lipinski definition) is 0. The smallest absolute Gasteiger partial charge is 0.293 e. The van der Waals surface area contributed by atoms with E-state index >= 15 is 0 Å². The highest BCUT2D eigenvalue weighted by Gasteiger charge is 2.35. The van der Waals surface area contributed by atoms with Crippen molar-refractivity contribution in [2.24, 2.45) is 0 Å². The molecule has 2 amide bonds. The molecule has 0 aromatic heterocycles. The topological polar surface area (TPSA) is 65.1 Å². The van der Waals surface area contributed by atoms with Gasteiger partial charge in [0.25, 0.3) is 11.1 Å². The molecule has 8 heteroatoms. The lowest BCUT2D eigenvalue weighted by Crippen LogP contribution is -2.32. The molecule has 0 N–H and O–H groups in total. The van der Waals surface area contributed by atoms with E-state index in [9.17, 15) is 9.59 Å². The van der Waals surface area contributed by atoms with E-state index in [4.69, 9.17) is 14.2 Å². The van der Waals surface area contributed by atoms with Gasteiger partial charge in [-0.3, -0.25) is 14.5 Å². The second-order valence-corrected chi connectivity index (χ2v) is 8.53. The number of nitrogens with zero attached hydrogens (tertiary/aromatic N) is 1. The number of aryl methyl sites for hydroxylation is 1. The van der Waals surface area contributed by atoms with E-state index in [1.165, 1.54) is 4.90 Å². The van der Waals surface area contributed by atoms with E-state index in [1.54, 1.807) is 12.1 Å². The van der Waals surface area contributed by atoms with Gasteiger partial charge in [-0.2, -0.15) is 0 Å². The molecule has 1 heterocycles. The zero-order valence-electron chi connectivity index (χ0n) is 17.6. The quantitative estimate of drug-likeness (QED) is 0.409. The number of halogens is 1. The number of carbonyl (C=O) groups excluding carboxylic acids is 2. The molecule has 0 saturated carbocycles. The predicted molar refractivity (Wildman–Crippen MR) is 126 cm³/mol. The molecule has 0 aliphatic carbocycles. The highest BCUT2D eigenvalue weighted by Crippen LogP contribution is 2.38. The molecule has 2 aromatic rings. The predicted octanol–water partition coefficient (Wildman–Crippen LogP) is 5.67. The molecule has 0 unspecified atom stereocenters. The largest absolute Gasteiger partial charge is 0.493 e. The average molecular weight is 506 g/mol. The van der Waals surface area contributed by atoms with Gasteiger partial charge in [0.1, 0.15) is 23.9 Å². The lowest BCUT2D eigenvalue weighted by atomic mass is 10.1. The van der Waals surface area contributed by atoms with Gasteiger partial charge in [-0.1, -0.05) is 17.7 Å². The van der Waals surface area contributed by atoms with Crippen LogP contribution in [0.1, 0.15) is 25.0 Å². The van der Waals surface area contributed by atoms with Crippen LogP contribution in [0.25, 0.3) is 6.08 Å². The Morgan fingerprint density at radius 3 is 2.35 bits per heavy atom. The van der Waals surface area contributed by atoms with Crippen molar-refractivity contribution in [1.82, 2.24) is 4.90 Å². The van der Waals surface area contributed by atoms with Crippen molar-refractivity contribution in [1.29, 1.82) is 0 Å². The van der Waals surface area contributed by atoms with Crippen molar-refractivity contribution in [3.05, 3.63) is 56.9 Å². The normalized spacial score (nSPS) is 15.0. The number of rotatable bonds is 9. The molecule has 2 aromatic carbocycles. The highest BCUT2D eigenvalue weighted by atomic mass is 79.9. The molecule has 6 nitrogen and oxygen atoms in total. The SMILES string of the molecule is CCOc1cc(OCC)c(/C=C2\SC(=O)N(CCOc3ccc(C)cc3)C2=O)cc1Br. The summed E-state index contributed by atoms with van der Waals surface area (Å²) in [5.74, 6) is 1.61. The molecule has 1 fully saturated rings. The third kappa shape index (κ3) is 5.83. The van der Waals surface area contributed by atoms with Crippen molar-refractivity contribution < 1.29 is 23.8 Å². The van der Waals surface area contributed by atoms with Crippen LogP contribution in [0.3, 0.4) is 0 Å². The van der Waals surface area contributed by atoms with Crippen LogP contribution in [0.5, 0.6) is 17.2 Å². The fourth-order valence-electron chi connectivity index (χ4n) is 2.93. The molecule has 0 bridgehead atoms. The Hall–Kier alpha value is -2.45. The fourth-order valence-corrected chi connectivity index (χ4v) is 4.26. The van der Waals surface area contributed by atoms with Gasteiger partial charge in [0.05, 0.1) is 29.1 Å². The molecule has 1 saturated heterocycles. The van der Waals surface area contributed by atoms with E-state index in [0.29, 0.717) is 40.9 Å². The molecule has 1 aliphatic rings. The summed E-state index contributed by atoms with van der Waals surface area (Å²) in [6.45, 7) is 7.18. The second kappa shape index (κ2) is 10.7. The zero-order valence-corrected chi connectivity index (χ0v) is 20.0. The van der Waals surface area contributed by atoms with E-state index in [2.05, 4.69) is 15.9 Å². The maximum atomic E-state index is 12.8. The lowest BCUT2D eigenvalue weighted by molar-refractivity contribution is -0.123. The van der Waals surface area contributed by atoms with Crippen molar-refractivity contribution in [2.45, 2.75) is 20.8 Å². The van der Waals surface area contributed by atoms with Crippen LogP contribution in [0, 0.1) is 6.92 Å². The Bertz CT molecular complexity index is 990. The Morgan fingerprint density at radius 1 is 1.00 bits per heavy atom. The molecule has 0 radical (unpaired) electrons. The third-order valence-corrected chi connectivity index (χ3v) is 5.96. The lowest BCUT2D eigenvalue weighted by Gasteiger charge is -2.14. The standard InChI is InChI=1S/C23H24BrNO5S/c1-4-28-19-14-20(29-5-2)18(24)12-16(19)13-21-22(26)25(23(27)31-21)10-11-30-17-8-6-15(3)7-9-17/h6-9,12-14H,4-5,10-11H2,1-3H3/b21-13-. The summed E-state index contributed by atoms with van der Waals surface area (Å²) in [5, 5.41) is -0.313. The van der Waals surface area contributed by atoms with Gasteiger partial charge in [-0.25, -0.2) is 0 Å². The van der Waals surface area contributed by atoms with Crippen LogP contribution in [0.15, 0.2) is 45.8 Å². The Labute approximate surface area is 194 Å². The van der Waals surface area contributed by atoms with E-state index in [-0.39, 0.29) is 24.3 Å². The molecule has 31 heavy (non-hydrogen) atoms. The van der Waals surface area contributed by atoms with Crippen LogP contribution in [-0.4, -0.2) is 42.4 Å². The van der Waals surface area contributed by atoms with Crippen LogP contribution in [0.4, 0.5) is 4.79 Å². The van der Waals surface area contributed by atoms with Crippen molar-refractivity contribution in [2.75, 3.05) is 26.4 Å². The summed E-state index contributed by atoms with van der Waals surface area (Å²) in [7, 11) is 0. The monoisotopic (exact) mass is 505 g/mol. The minimum Gasteiger partial charge on any atom is -0.493 e. The number of hydrogen-bond acceptors (Lipinski definition) is 6. The molecule has 0 spiro atoms. The highest BCUT2D eigenvalue weighted by molar-refractivity contribution is 9.10. The number of carbonyl (C=O) groups is 2. The van der Waals surface area contributed by atoms with Crippen LogP contribution < -0.4 is 14.2 Å². The first kappa shape index (κ1) is 23.2. The summed E-state index contributed by atoms with van der Waals surface area (Å²) >= 11 is 4.40. The van der Waals surface area contributed by atoms with Gasteiger partial charge in [0.15, 0.2) is 0 Å². The summed E-state index contributed by atoms with van der Waals surface area (Å²) in [6.07, 6.45) is 1.68. The summed E-state index contributed by atoms with van der Waals surface area (Å²) in [6, 6.07) is 11.2. The van der Waals surface area contributed by atoms with Crippen LogP contribution in [0.2, 0.25) is 0 Å². The number of benzene rings is 2. The molecular formula is C23H24BrNO5S. The van der Waals surface area contributed by atoms with Crippen molar-refractivity contribution >= 4 is 44.9 Å². The second-order valence-electron chi connectivity index (χ2n) is 6.68. The van der Waals surface area contributed by atoms with Gasteiger partial charge in [-0.15, -0.1) is 0 Å². The average Bonchev–Trinajstić information content (AvgIpc) is 3.00. The zero-order chi connectivity index (χ0) is 22.4. The number of thioether (sulfide) groups is 1. The Morgan fingerprint density at radius 2 is 1.68 bits per heavy atom. The number of imide groups is 1. The summed E-state index contributed by atoms with van der Waals surface area (Å²) in [4.78, 5) is 26.8. The first-order chi connectivity index (χ1) is 14.9. The van der Waals surface area contributed by atoms with Crippen LogP contribution in [-0.2, 0) is 4.79 Å². The van der Waals surface area contributed by atoms with E-state index < -0.39 is 0 Å². The van der Waals surface area contributed by atoms with Crippen molar-refractivity contribution in [3.8, 4) is 17.2 Å². The van der Waals surface area contributed by atoms with Crippen LogP contribution >= 0.6 is 27.7 Å². The molecule has 3 rings (SSSR count). The number of ether oxygens (including phenoxy) is 3. The minimum atomic E-state index is -0.338. The Kier molecular flexibility index (Phi) is 8.03. The third-order valence-electron chi connectivity index (χ3n) is 4.43. The maximum absolute atomic E-state index is 12.8. The van der Waals surface area contributed by atoms with Gasteiger partial charge in [0, 0.05) is 11.6 Å². The fraction of sp³-hybridized carbons (Fsp3) is 0.304. The minimum absolute atomic E-state index is 0.182. The van der Waals surface area contributed by atoms with Gasteiger partial charge in [0.2, 0.25) is 0 Å². The summed E-state index contributed by atoms with van der Waals surface area (Å²) in [5.41, 5.74) is 1.83. The first-order valence-electron chi connectivity index (χ1n) is 9.96. The maximum Gasteiger partial charge on any atom is 0.293 e.